The van der Waals surface area contributed by atoms with Gasteiger partial charge < -0.3 is 0 Å². The third-order valence-electron chi connectivity index (χ3n) is 1.95. The van der Waals surface area contributed by atoms with E-state index in [1.807, 2.05) is 12.1 Å². The van der Waals surface area contributed by atoms with Gasteiger partial charge in [-0.2, -0.15) is 0 Å². The van der Waals surface area contributed by atoms with Crippen LogP contribution in [-0.4, -0.2) is 11.6 Å². The first-order chi connectivity index (χ1) is 6.77. The zero-order valence-corrected chi connectivity index (χ0v) is 7.36. The van der Waals surface area contributed by atoms with E-state index in [4.69, 9.17) is 0 Å². The van der Waals surface area contributed by atoms with Crippen LogP contribution in [0.1, 0.15) is 5.56 Å². The van der Waals surface area contributed by atoms with Gasteiger partial charge in [0.15, 0.2) is 11.6 Å². The Morgan fingerprint density at radius 3 is 2.64 bits per heavy atom. The van der Waals surface area contributed by atoms with Gasteiger partial charge in [-0.25, -0.2) is 0 Å². The molecule has 67 valence electrons. The van der Waals surface area contributed by atoms with Crippen LogP contribution in [0.4, 0.5) is 0 Å². The summed E-state index contributed by atoms with van der Waals surface area (Å²) in [6.07, 6.45) is 3.90. The van der Waals surface area contributed by atoms with Crippen LogP contribution in [0.3, 0.4) is 0 Å². The second-order valence-electron chi connectivity index (χ2n) is 2.93. The lowest BCUT2D eigenvalue weighted by atomic mass is 9.97. The van der Waals surface area contributed by atoms with Gasteiger partial charge in [-0.1, -0.05) is 24.3 Å². The van der Waals surface area contributed by atoms with E-state index in [0.717, 1.165) is 0 Å². The molecule has 0 unspecified atom stereocenters. The highest BCUT2D eigenvalue weighted by Crippen LogP contribution is 2.17. The van der Waals surface area contributed by atoms with Crippen molar-refractivity contribution in [2.75, 3.05) is 0 Å². The lowest BCUT2D eigenvalue weighted by molar-refractivity contribution is -0.113. The Kier molecular flexibility index (Phi) is 2.11. The molecule has 14 heavy (non-hydrogen) atoms. The summed E-state index contributed by atoms with van der Waals surface area (Å²) in [6, 6.07) is 10.0. The predicted octanol–water partition coefficient (Wildman–Crippen LogP) is 1.58. The highest BCUT2D eigenvalue weighted by molar-refractivity contribution is 6.33. The summed E-state index contributed by atoms with van der Waals surface area (Å²) in [5.74, 6) is -0.302. The van der Waals surface area contributed by atoms with Crippen molar-refractivity contribution in [3.8, 4) is 0 Å². The Morgan fingerprint density at radius 2 is 1.93 bits per heavy atom. The topological polar surface area (TPSA) is 34.1 Å². The van der Waals surface area contributed by atoms with E-state index in [1.54, 1.807) is 12.1 Å². The third kappa shape index (κ3) is 1.55. The predicted molar refractivity (Wildman–Crippen MR) is 52.4 cm³/mol. The molecule has 2 heteroatoms. The van der Waals surface area contributed by atoms with Crippen LogP contribution >= 0.6 is 0 Å². The Hall–Kier alpha value is -1.96. The number of hydrogen-bond donors (Lipinski definition) is 0. The third-order valence-corrected chi connectivity index (χ3v) is 1.95. The van der Waals surface area contributed by atoms with Crippen LogP contribution in [0.2, 0.25) is 0 Å². The molecule has 0 aromatic heterocycles. The Labute approximate surface area is 81.6 Å². The second-order valence-corrected chi connectivity index (χ2v) is 2.93. The minimum Gasteiger partial charge on any atom is -0.290 e. The molecular formula is C12H7O2. The maximum absolute atomic E-state index is 11.4. The van der Waals surface area contributed by atoms with E-state index in [1.165, 1.54) is 18.2 Å². The molecular weight excluding hydrogens is 176 g/mol. The summed E-state index contributed by atoms with van der Waals surface area (Å²) in [6.45, 7) is 0. The second kappa shape index (κ2) is 3.42. The normalized spacial score (nSPS) is 15.6. The van der Waals surface area contributed by atoms with Gasteiger partial charge >= 0.3 is 0 Å². The summed E-state index contributed by atoms with van der Waals surface area (Å²) in [5, 5.41) is 0. The number of benzene rings is 1. The summed E-state index contributed by atoms with van der Waals surface area (Å²) in [7, 11) is 0. The van der Waals surface area contributed by atoms with Crippen molar-refractivity contribution in [2.45, 2.75) is 0 Å². The van der Waals surface area contributed by atoms with Crippen molar-refractivity contribution in [3.05, 3.63) is 54.1 Å². The zero-order valence-electron chi connectivity index (χ0n) is 7.36. The quantitative estimate of drug-likeness (QED) is 0.619. The van der Waals surface area contributed by atoms with Crippen LogP contribution in [0, 0.1) is 6.07 Å². The van der Waals surface area contributed by atoms with E-state index >= 15 is 0 Å². The summed E-state index contributed by atoms with van der Waals surface area (Å²) >= 11 is 0. The molecule has 1 aromatic rings. The van der Waals surface area contributed by atoms with Gasteiger partial charge in [0, 0.05) is 5.57 Å². The first-order valence-corrected chi connectivity index (χ1v) is 4.22. The summed E-state index contributed by atoms with van der Waals surface area (Å²) in [4.78, 5) is 22.5. The molecule has 1 aliphatic rings. The number of carbonyl (C=O) groups excluding carboxylic acids is 2. The van der Waals surface area contributed by atoms with E-state index in [-0.39, 0.29) is 11.6 Å². The molecule has 0 atom stereocenters. The minimum atomic E-state index is -0.156. The molecule has 0 heterocycles. The van der Waals surface area contributed by atoms with Crippen LogP contribution in [0.5, 0.6) is 0 Å². The van der Waals surface area contributed by atoms with Gasteiger partial charge in [-0.15, -0.1) is 0 Å². The average Bonchev–Trinajstić information content (AvgIpc) is 2.23. The lowest BCUT2D eigenvalue weighted by Crippen LogP contribution is -2.06. The van der Waals surface area contributed by atoms with E-state index in [9.17, 15) is 9.59 Å². The van der Waals surface area contributed by atoms with Crippen molar-refractivity contribution in [2.24, 2.45) is 0 Å². The fourth-order valence-corrected chi connectivity index (χ4v) is 1.28. The zero-order chi connectivity index (χ0) is 9.97. The molecule has 1 aromatic carbocycles. The maximum Gasteiger partial charge on any atom is 0.186 e. The van der Waals surface area contributed by atoms with Gasteiger partial charge in [-0.05, 0) is 29.9 Å². The Morgan fingerprint density at radius 1 is 1.07 bits per heavy atom. The smallest absolute Gasteiger partial charge is 0.186 e. The largest absolute Gasteiger partial charge is 0.290 e. The maximum atomic E-state index is 11.4. The molecule has 0 N–H and O–H groups in total. The van der Waals surface area contributed by atoms with Crippen molar-refractivity contribution in [1.29, 1.82) is 0 Å². The monoisotopic (exact) mass is 183 g/mol. The molecule has 0 fully saturated rings. The molecule has 0 saturated heterocycles. The Bertz CT molecular complexity index is 439. The fourth-order valence-electron chi connectivity index (χ4n) is 1.28. The van der Waals surface area contributed by atoms with Crippen molar-refractivity contribution in [3.63, 3.8) is 0 Å². The number of allylic oxidation sites excluding steroid dienone is 4. The van der Waals surface area contributed by atoms with E-state index in [2.05, 4.69) is 6.07 Å². The van der Waals surface area contributed by atoms with Gasteiger partial charge in [-0.3, -0.25) is 9.59 Å². The molecule has 0 amide bonds. The van der Waals surface area contributed by atoms with Crippen molar-refractivity contribution >= 4 is 17.1 Å². The lowest BCUT2D eigenvalue weighted by Gasteiger charge is -2.05. The van der Waals surface area contributed by atoms with Crippen LogP contribution in [0.25, 0.3) is 5.57 Å². The van der Waals surface area contributed by atoms with Crippen LogP contribution in [-0.2, 0) is 9.59 Å². The van der Waals surface area contributed by atoms with Crippen LogP contribution < -0.4 is 0 Å². The van der Waals surface area contributed by atoms with Crippen molar-refractivity contribution in [1.82, 2.24) is 0 Å². The van der Waals surface area contributed by atoms with Crippen LogP contribution in [0.15, 0.2) is 42.5 Å². The molecule has 0 aliphatic heterocycles. The summed E-state index contributed by atoms with van der Waals surface area (Å²) < 4.78 is 0. The SMILES string of the molecule is O=C1C=CC(=O)C(c2[c]cccc2)=C1. The molecule has 0 bridgehead atoms. The molecule has 2 nitrogen and oxygen atoms in total. The standard InChI is InChI=1S/C12H7O2/c13-10-6-7-12(14)11(8-10)9-4-2-1-3-5-9/h1-4,6-8H. The molecule has 2 rings (SSSR count). The highest BCUT2D eigenvalue weighted by atomic mass is 16.1. The van der Waals surface area contributed by atoms with E-state index in [0.29, 0.717) is 11.1 Å². The van der Waals surface area contributed by atoms with E-state index < -0.39 is 0 Å². The van der Waals surface area contributed by atoms with Gasteiger partial charge in [0.25, 0.3) is 0 Å². The number of hydrogen-bond acceptors (Lipinski definition) is 2. The first-order valence-electron chi connectivity index (χ1n) is 4.22. The van der Waals surface area contributed by atoms with Gasteiger partial charge in [0.2, 0.25) is 0 Å². The molecule has 1 aliphatic carbocycles. The fraction of sp³-hybridized carbons (Fsp3) is 0. The highest BCUT2D eigenvalue weighted by Gasteiger charge is 2.14. The van der Waals surface area contributed by atoms with Gasteiger partial charge in [0.1, 0.15) is 0 Å². The van der Waals surface area contributed by atoms with Gasteiger partial charge in [0.05, 0.1) is 0 Å². The molecule has 0 spiro atoms. The number of carbonyl (C=O) groups is 2. The summed E-state index contributed by atoms with van der Waals surface area (Å²) in [5.41, 5.74) is 1.08. The minimum absolute atomic E-state index is 0.146. The van der Waals surface area contributed by atoms with Crippen molar-refractivity contribution < 1.29 is 9.59 Å². The number of rotatable bonds is 1. The molecule has 0 saturated carbocycles. The molecule has 1 radical (unpaired) electrons. The first kappa shape index (κ1) is 8.63. The Balaban J connectivity index is 2.45. The number of ketones is 2. The average molecular weight is 183 g/mol.